The largest absolute Gasteiger partial charge is 0.506 e. The number of hydrogen-bond donors (Lipinski definition) is 2. The first kappa shape index (κ1) is 20.9. The molecule has 1 aromatic carbocycles. The highest BCUT2D eigenvalue weighted by Crippen LogP contribution is 2.30. The number of phenols is 1. The Bertz CT molecular complexity index is 761. The van der Waals surface area contributed by atoms with Crippen LogP contribution in [0.15, 0.2) is 24.4 Å². The second-order valence-electron chi connectivity index (χ2n) is 7.10. The van der Waals surface area contributed by atoms with Crippen molar-refractivity contribution < 1.29 is 19.4 Å². The van der Waals surface area contributed by atoms with Gasteiger partial charge in [0.2, 0.25) is 0 Å². The maximum Gasteiger partial charge on any atom is 0.277 e. The first-order valence-electron chi connectivity index (χ1n) is 9.02. The van der Waals surface area contributed by atoms with E-state index in [0.717, 1.165) is 5.56 Å². The van der Waals surface area contributed by atoms with E-state index in [4.69, 9.17) is 9.47 Å². The minimum absolute atomic E-state index is 0.00324. The van der Waals surface area contributed by atoms with E-state index in [1.165, 1.54) is 10.9 Å². The molecule has 0 unspecified atom stereocenters. The zero-order valence-corrected chi connectivity index (χ0v) is 16.5. The van der Waals surface area contributed by atoms with Crippen LogP contribution in [-0.4, -0.2) is 45.5 Å². The van der Waals surface area contributed by atoms with E-state index in [1.807, 2.05) is 19.9 Å². The van der Waals surface area contributed by atoms with Crippen molar-refractivity contribution >= 4 is 11.6 Å². The highest BCUT2D eigenvalue weighted by molar-refractivity contribution is 6.03. The summed E-state index contributed by atoms with van der Waals surface area (Å²) in [6.45, 7) is 11.3. The van der Waals surface area contributed by atoms with Gasteiger partial charge < -0.3 is 19.9 Å². The lowest BCUT2D eigenvalue weighted by Gasteiger charge is -2.20. The molecule has 0 bridgehead atoms. The van der Waals surface area contributed by atoms with Crippen LogP contribution in [0.1, 0.15) is 50.7 Å². The van der Waals surface area contributed by atoms with Gasteiger partial charge in [-0.25, -0.2) is 4.68 Å². The van der Waals surface area contributed by atoms with E-state index in [-0.39, 0.29) is 16.9 Å². The number of rotatable bonds is 8. The molecular weight excluding hydrogens is 348 g/mol. The number of ether oxygens (including phenoxy) is 2. The molecule has 0 saturated carbocycles. The number of carbonyl (C=O) groups is 1. The van der Waals surface area contributed by atoms with E-state index in [2.05, 4.69) is 36.4 Å². The standard InChI is InChI=1S/C19H28N4O4/c1-6-26-17(27-7-2)12-23-11-15(21-22-23)18(25)20-14-10-13(19(3,4)5)8-9-16(14)24/h8-11,17,24H,6-7,12H2,1-5H3,(H,20,25). The van der Waals surface area contributed by atoms with Crippen LogP contribution in [-0.2, 0) is 21.4 Å². The zero-order valence-electron chi connectivity index (χ0n) is 16.5. The van der Waals surface area contributed by atoms with Crippen molar-refractivity contribution in [2.45, 2.75) is 52.9 Å². The molecule has 0 aliphatic rings. The van der Waals surface area contributed by atoms with Gasteiger partial charge in [-0.1, -0.05) is 32.1 Å². The highest BCUT2D eigenvalue weighted by atomic mass is 16.7. The van der Waals surface area contributed by atoms with Crippen LogP contribution in [0.5, 0.6) is 5.75 Å². The Labute approximate surface area is 159 Å². The predicted molar refractivity (Wildman–Crippen MR) is 102 cm³/mol. The van der Waals surface area contributed by atoms with Gasteiger partial charge in [-0.2, -0.15) is 0 Å². The van der Waals surface area contributed by atoms with Gasteiger partial charge >= 0.3 is 0 Å². The lowest BCUT2D eigenvalue weighted by molar-refractivity contribution is -0.145. The van der Waals surface area contributed by atoms with Gasteiger partial charge in [-0.3, -0.25) is 4.79 Å². The number of carbonyl (C=O) groups excluding carboxylic acids is 1. The number of aromatic nitrogens is 3. The van der Waals surface area contributed by atoms with Gasteiger partial charge in [-0.15, -0.1) is 5.10 Å². The maximum absolute atomic E-state index is 12.5. The molecule has 2 N–H and O–H groups in total. The average Bonchev–Trinajstić information content (AvgIpc) is 3.05. The number of aromatic hydroxyl groups is 1. The van der Waals surface area contributed by atoms with Crippen LogP contribution in [0.4, 0.5) is 5.69 Å². The number of phenolic OH excluding ortho intramolecular Hbond substituents is 1. The van der Waals surface area contributed by atoms with Crippen molar-refractivity contribution in [3.05, 3.63) is 35.7 Å². The molecule has 27 heavy (non-hydrogen) atoms. The molecule has 1 aromatic heterocycles. The summed E-state index contributed by atoms with van der Waals surface area (Å²) in [5, 5.41) is 20.6. The Kier molecular flexibility index (Phi) is 6.92. The van der Waals surface area contributed by atoms with Crippen LogP contribution in [0.25, 0.3) is 0 Å². The first-order chi connectivity index (χ1) is 12.7. The third-order valence-corrected chi connectivity index (χ3v) is 3.92. The molecule has 2 rings (SSSR count). The lowest BCUT2D eigenvalue weighted by Crippen LogP contribution is -2.24. The second-order valence-corrected chi connectivity index (χ2v) is 7.10. The monoisotopic (exact) mass is 376 g/mol. The zero-order chi connectivity index (χ0) is 20.0. The molecule has 8 heteroatoms. The van der Waals surface area contributed by atoms with Crippen LogP contribution < -0.4 is 5.32 Å². The van der Waals surface area contributed by atoms with Crippen LogP contribution in [0, 0.1) is 0 Å². The van der Waals surface area contributed by atoms with Crippen molar-refractivity contribution in [2.75, 3.05) is 18.5 Å². The molecule has 0 aliphatic heterocycles. The number of amides is 1. The molecule has 0 atom stereocenters. The van der Waals surface area contributed by atoms with Crippen LogP contribution >= 0.6 is 0 Å². The molecule has 2 aromatic rings. The predicted octanol–water partition coefficient (Wildman–Crippen LogP) is 2.93. The second kappa shape index (κ2) is 8.96. The summed E-state index contributed by atoms with van der Waals surface area (Å²) in [7, 11) is 0. The molecule has 1 heterocycles. The number of hydrogen-bond acceptors (Lipinski definition) is 6. The first-order valence-corrected chi connectivity index (χ1v) is 9.02. The van der Waals surface area contributed by atoms with Crippen molar-refractivity contribution in [1.82, 2.24) is 15.0 Å². The van der Waals surface area contributed by atoms with Crippen molar-refractivity contribution in [1.29, 1.82) is 0 Å². The Morgan fingerprint density at radius 3 is 2.52 bits per heavy atom. The summed E-state index contributed by atoms with van der Waals surface area (Å²) in [5.74, 6) is -0.455. The SMILES string of the molecule is CCOC(Cn1cc(C(=O)Nc2cc(C(C)(C)C)ccc2O)nn1)OCC. The maximum atomic E-state index is 12.5. The molecule has 0 saturated heterocycles. The summed E-state index contributed by atoms with van der Waals surface area (Å²) >= 11 is 0. The topological polar surface area (TPSA) is 98.5 Å². The molecular formula is C19H28N4O4. The molecule has 0 spiro atoms. The summed E-state index contributed by atoms with van der Waals surface area (Å²) < 4.78 is 12.4. The van der Waals surface area contributed by atoms with Gasteiger partial charge in [0, 0.05) is 13.2 Å². The molecule has 0 radical (unpaired) electrons. The van der Waals surface area contributed by atoms with Crippen molar-refractivity contribution in [3.63, 3.8) is 0 Å². The molecule has 0 aliphatic carbocycles. The Balaban J connectivity index is 2.10. The van der Waals surface area contributed by atoms with E-state index in [9.17, 15) is 9.90 Å². The summed E-state index contributed by atoms with van der Waals surface area (Å²) in [5.41, 5.74) is 1.37. The number of nitrogens with zero attached hydrogens (tertiary/aromatic N) is 3. The van der Waals surface area contributed by atoms with Gasteiger partial charge in [0.25, 0.3) is 5.91 Å². The molecule has 148 valence electrons. The molecule has 8 nitrogen and oxygen atoms in total. The third-order valence-electron chi connectivity index (χ3n) is 3.92. The Hall–Kier alpha value is -2.45. The number of anilines is 1. The summed E-state index contributed by atoms with van der Waals surface area (Å²) in [4.78, 5) is 12.5. The van der Waals surface area contributed by atoms with E-state index < -0.39 is 12.2 Å². The van der Waals surface area contributed by atoms with E-state index in [0.29, 0.717) is 25.4 Å². The summed E-state index contributed by atoms with van der Waals surface area (Å²) in [6.07, 6.45) is 1.07. The van der Waals surface area contributed by atoms with Gasteiger partial charge in [0.05, 0.1) is 18.4 Å². The minimum Gasteiger partial charge on any atom is -0.506 e. The van der Waals surface area contributed by atoms with E-state index >= 15 is 0 Å². The smallest absolute Gasteiger partial charge is 0.277 e. The van der Waals surface area contributed by atoms with Gasteiger partial charge in [-0.05, 0) is 37.0 Å². The van der Waals surface area contributed by atoms with Crippen LogP contribution in [0.3, 0.4) is 0 Å². The van der Waals surface area contributed by atoms with Gasteiger partial charge in [0.1, 0.15) is 5.75 Å². The quantitative estimate of drug-likeness (QED) is 0.543. The molecule has 1 amide bonds. The van der Waals surface area contributed by atoms with Gasteiger partial charge in [0.15, 0.2) is 12.0 Å². The Morgan fingerprint density at radius 2 is 1.93 bits per heavy atom. The minimum atomic E-state index is -0.454. The fourth-order valence-electron chi connectivity index (χ4n) is 2.46. The number of nitrogens with one attached hydrogen (secondary N) is 1. The fourth-order valence-corrected chi connectivity index (χ4v) is 2.46. The van der Waals surface area contributed by atoms with Crippen molar-refractivity contribution in [2.24, 2.45) is 0 Å². The Morgan fingerprint density at radius 1 is 1.26 bits per heavy atom. The lowest BCUT2D eigenvalue weighted by atomic mass is 9.87. The van der Waals surface area contributed by atoms with Crippen LogP contribution in [0.2, 0.25) is 0 Å². The summed E-state index contributed by atoms with van der Waals surface area (Å²) in [6, 6.07) is 5.17. The van der Waals surface area contributed by atoms with E-state index in [1.54, 1.807) is 12.1 Å². The molecule has 0 fully saturated rings. The van der Waals surface area contributed by atoms with Crippen molar-refractivity contribution in [3.8, 4) is 5.75 Å². The highest BCUT2D eigenvalue weighted by Gasteiger charge is 2.19. The number of benzene rings is 1. The normalized spacial score (nSPS) is 11.8. The fraction of sp³-hybridized carbons (Fsp3) is 0.526. The average molecular weight is 376 g/mol. The third kappa shape index (κ3) is 5.77.